The molecule has 0 spiro atoms. The van der Waals surface area contributed by atoms with Crippen LogP contribution in [-0.4, -0.2) is 87.9 Å². The molecule has 1 aliphatic heterocycles. The van der Waals surface area contributed by atoms with Gasteiger partial charge in [0, 0.05) is 13.0 Å². The third-order valence-electron chi connectivity index (χ3n) is 5.42. The predicted molar refractivity (Wildman–Crippen MR) is 118 cm³/mol. The molecule has 1 rings (SSSR count). The average Bonchev–Trinajstić information content (AvgIpc) is 3.25. The average molecular weight is 487 g/mol. The Labute approximate surface area is 196 Å². The zero-order valence-corrected chi connectivity index (χ0v) is 18.9. The first-order valence-electron chi connectivity index (χ1n) is 11.1. The molecule has 1 saturated heterocycles. The zero-order valence-electron chi connectivity index (χ0n) is 18.9. The van der Waals surface area contributed by atoms with Crippen LogP contribution in [0, 0.1) is 0 Å². The van der Waals surface area contributed by atoms with E-state index in [1.165, 1.54) is 4.90 Å². The molecule has 0 radical (unpaired) electrons. The molecule has 0 bridgehead atoms. The van der Waals surface area contributed by atoms with Crippen molar-refractivity contribution in [3.8, 4) is 0 Å². The van der Waals surface area contributed by atoms with Crippen molar-refractivity contribution < 1.29 is 39.0 Å². The van der Waals surface area contributed by atoms with Gasteiger partial charge in [0.1, 0.15) is 18.1 Å². The summed E-state index contributed by atoms with van der Waals surface area (Å²) in [7, 11) is 0. The van der Waals surface area contributed by atoms with Gasteiger partial charge < -0.3 is 42.9 Å². The Morgan fingerprint density at radius 1 is 1.00 bits per heavy atom. The predicted octanol–water partition coefficient (Wildman–Crippen LogP) is -2.77. The number of carbonyl (C=O) groups excluding carboxylic acids is 4. The fourth-order valence-corrected chi connectivity index (χ4v) is 3.62. The maximum atomic E-state index is 13.0. The van der Waals surface area contributed by atoms with Crippen LogP contribution in [0.4, 0.5) is 0 Å². The highest BCUT2D eigenvalue weighted by molar-refractivity contribution is 5.95. The molecule has 1 fully saturated rings. The van der Waals surface area contributed by atoms with Crippen LogP contribution in [0.15, 0.2) is 0 Å². The van der Waals surface area contributed by atoms with Gasteiger partial charge in [-0.15, -0.1) is 0 Å². The molecule has 4 amide bonds. The molecular formula is C20H34N6O8. The molecular weight excluding hydrogens is 452 g/mol. The van der Waals surface area contributed by atoms with Gasteiger partial charge in [0.25, 0.3) is 0 Å². The van der Waals surface area contributed by atoms with Crippen molar-refractivity contribution >= 4 is 35.6 Å². The number of hydrogen-bond donors (Lipinski definition) is 7. The maximum absolute atomic E-state index is 13.0. The van der Waals surface area contributed by atoms with E-state index in [2.05, 4.69) is 10.6 Å². The molecule has 14 heteroatoms. The number of carboxylic acids is 2. The van der Waals surface area contributed by atoms with Crippen LogP contribution < -0.4 is 27.8 Å². The molecule has 1 aliphatic rings. The number of amides is 4. The first-order chi connectivity index (χ1) is 16.0. The molecule has 4 atom stereocenters. The van der Waals surface area contributed by atoms with E-state index in [-0.39, 0.29) is 25.8 Å². The topological polar surface area (TPSA) is 248 Å². The van der Waals surface area contributed by atoms with Crippen LogP contribution in [-0.2, 0) is 28.8 Å². The highest BCUT2D eigenvalue weighted by Crippen LogP contribution is 2.20. The van der Waals surface area contributed by atoms with Crippen molar-refractivity contribution in [2.24, 2.45) is 17.2 Å². The van der Waals surface area contributed by atoms with Gasteiger partial charge in [-0.05, 0) is 45.1 Å². The van der Waals surface area contributed by atoms with E-state index in [0.717, 1.165) is 0 Å². The van der Waals surface area contributed by atoms with E-state index in [0.29, 0.717) is 32.2 Å². The standard InChI is InChI=1S/C20H34N6O8/c21-8-2-1-4-12(17(30)25-13(20(33)34)10-15(23)27)24-18(31)14-5-3-9-26(14)19(32)11(22)6-7-16(28)29/h11-14H,1-10,21-22H2,(H2,23,27)(H,24,31)(H,25,30)(H,28,29)(H,33,34). The Kier molecular flexibility index (Phi) is 11.9. The highest BCUT2D eigenvalue weighted by atomic mass is 16.4. The van der Waals surface area contributed by atoms with Crippen molar-refractivity contribution in [2.75, 3.05) is 13.1 Å². The SMILES string of the molecule is NCCCCC(NC(=O)C1CCCN1C(=O)C(N)CCC(=O)O)C(=O)NC(CC(N)=O)C(=O)O. The van der Waals surface area contributed by atoms with Gasteiger partial charge in [0.05, 0.1) is 12.5 Å². The van der Waals surface area contributed by atoms with Crippen molar-refractivity contribution in [1.29, 1.82) is 0 Å². The normalized spacial score (nSPS) is 17.9. The number of nitrogens with one attached hydrogen (secondary N) is 2. The number of nitrogens with two attached hydrogens (primary N) is 3. The number of aliphatic carboxylic acids is 2. The van der Waals surface area contributed by atoms with E-state index in [1.54, 1.807) is 0 Å². The Hall–Kier alpha value is -3.26. The lowest BCUT2D eigenvalue weighted by Crippen LogP contribution is -2.56. The number of primary amides is 1. The highest BCUT2D eigenvalue weighted by Gasteiger charge is 2.38. The van der Waals surface area contributed by atoms with Crippen molar-refractivity contribution in [3.63, 3.8) is 0 Å². The molecule has 10 N–H and O–H groups in total. The van der Waals surface area contributed by atoms with E-state index in [4.69, 9.17) is 22.3 Å². The number of rotatable bonds is 15. The van der Waals surface area contributed by atoms with Gasteiger partial charge in [0.2, 0.25) is 23.6 Å². The number of carboxylic acid groups (broad SMARTS) is 2. The van der Waals surface area contributed by atoms with Crippen LogP contribution in [0.3, 0.4) is 0 Å². The summed E-state index contributed by atoms with van der Waals surface area (Å²) in [5.41, 5.74) is 16.3. The minimum atomic E-state index is -1.56. The van der Waals surface area contributed by atoms with E-state index < -0.39 is 66.2 Å². The fourth-order valence-electron chi connectivity index (χ4n) is 3.62. The van der Waals surface area contributed by atoms with E-state index >= 15 is 0 Å². The largest absolute Gasteiger partial charge is 0.481 e. The van der Waals surface area contributed by atoms with Crippen LogP contribution >= 0.6 is 0 Å². The van der Waals surface area contributed by atoms with Gasteiger partial charge >= 0.3 is 11.9 Å². The molecule has 192 valence electrons. The van der Waals surface area contributed by atoms with E-state index in [9.17, 15) is 33.9 Å². The van der Waals surface area contributed by atoms with Gasteiger partial charge in [-0.3, -0.25) is 24.0 Å². The van der Waals surface area contributed by atoms with E-state index in [1.807, 2.05) is 0 Å². The Balaban J connectivity index is 2.90. The maximum Gasteiger partial charge on any atom is 0.326 e. The van der Waals surface area contributed by atoms with Crippen molar-refractivity contribution in [2.45, 2.75) is 75.5 Å². The quantitative estimate of drug-likeness (QED) is 0.117. The van der Waals surface area contributed by atoms with Crippen LogP contribution in [0.25, 0.3) is 0 Å². The number of unbranched alkanes of at least 4 members (excludes halogenated alkanes) is 1. The molecule has 4 unspecified atom stereocenters. The van der Waals surface area contributed by atoms with Gasteiger partial charge in [-0.25, -0.2) is 4.79 Å². The number of carbonyl (C=O) groups is 6. The Bertz CT molecular complexity index is 776. The lowest BCUT2D eigenvalue weighted by molar-refractivity contribution is -0.144. The van der Waals surface area contributed by atoms with Gasteiger partial charge in [-0.1, -0.05) is 0 Å². The summed E-state index contributed by atoms with van der Waals surface area (Å²) in [4.78, 5) is 72.8. The summed E-state index contributed by atoms with van der Waals surface area (Å²) in [5, 5.41) is 22.8. The first-order valence-corrected chi connectivity index (χ1v) is 11.1. The van der Waals surface area contributed by atoms with Gasteiger partial charge in [-0.2, -0.15) is 0 Å². The summed E-state index contributed by atoms with van der Waals surface area (Å²) in [6.45, 7) is 0.599. The molecule has 0 aliphatic carbocycles. The molecule has 0 saturated carbocycles. The third-order valence-corrected chi connectivity index (χ3v) is 5.42. The van der Waals surface area contributed by atoms with Crippen molar-refractivity contribution in [3.05, 3.63) is 0 Å². The van der Waals surface area contributed by atoms with Crippen molar-refractivity contribution in [1.82, 2.24) is 15.5 Å². The summed E-state index contributed by atoms with van der Waals surface area (Å²) < 4.78 is 0. The second-order valence-electron chi connectivity index (χ2n) is 8.14. The van der Waals surface area contributed by atoms with Crippen LogP contribution in [0.2, 0.25) is 0 Å². The number of likely N-dealkylation sites (tertiary alicyclic amines) is 1. The molecule has 34 heavy (non-hydrogen) atoms. The number of hydrogen-bond acceptors (Lipinski definition) is 8. The second kappa shape index (κ2) is 14.1. The molecule has 0 aromatic heterocycles. The summed E-state index contributed by atoms with van der Waals surface area (Å²) in [6, 6.07) is -4.69. The molecule has 0 aromatic carbocycles. The monoisotopic (exact) mass is 486 g/mol. The Morgan fingerprint density at radius 3 is 2.24 bits per heavy atom. The van der Waals surface area contributed by atoms with Gasteiger partial charge in [0.15, 0.2) is 0 Å². The summed E-state index contributed by atoms with van der Waals surface area (Å²) >= 11 is 0. The lowest BCUT2D eigenvalue weighted by Gasteiger charge is -2.28. The minimum absolute atomic E-state index is 0.0838. The summed E-state index contributed by atoms with van der Waals surface area (Å²) in [5.74, 6) is -5.46. The molecule has 1 heterocycles. The smallest absolute Gasteiger partial charge is 0.326 e. The third kappa shape index (κ3) is 9.31. The second-order valence-corrected chi connectivity index (χ2v) is 8.14. The minimum Gasteiger partial charge on any atom is -0.481 e. The zero-order chi connectivity index (χ0) is 25.8. The van der Waals surface area contributed by atoms with Crippen LogP contribution in [0.1, 0.15) is 51.4 Å². The fraction of sp³-hybridized carbons (Fsp3) is 0.700. The Morgan fingerprint density at radius 2 is 1.68 bits per heavy atom. The van der Waals surface area contributed by atoms with Crippen LogP contribution in [0.5, 0.6) is 0 Å². The lowest BCUT2D eigenvalue weighted by atomic mass is 10.1. The molecule has 14 nitrogen and oxygen atoms in total. The summed E-state index contributed by atoms with van der Waals surface area (Å²) in [6.07, 6.45) is 0.987. The first kappa shape index (κ1) is 28.8. The number of nitrogens with zero attached hydrogens (tertiary/aromatic N) is 1. The molecule has 0 aromatic rings.